The zero-order chi connectivity index (χ0) is 67.2. The van der Waals surface area contributed by atoms with E-state index in [9.17, 15) is 43.2 Å². The number of esters is 4. The zero-order valence-corrected chi connectivity index (χ0v) is 60.9. The minimum absolute atomic E-state index is 0.105. The Hall–Kier alpha value is -1.94. The molecule has 0 aliphatic heterocycles. The second-order valence-corrected chi connectivity index (χ2v) is 29.6. The third kappa shape index (κ3) is 65.1. The van der Waals surface area contributed by atoms with E-state index in [4.69, 9.17) is 37.0 Å². The van der Waals surface area contributed by atoms with Crippen molar-refractivity contribution in [2.24, 2.45) is 11.8 Å². The number of unbranched alkanes of at least 4 members (excludes halogenated alkanes) is 40. The molecule has 19 heteroatoms. The summed E-state index contributed by atoms with van der Waals surface area (Å²) in [5.41, 5.74) is 0. The molecular formula is C72H140O17P2. The first kappa shape index (κ1) is 89.1. The molecule has 0 aromatic carbocycles. The highest BCUT2D eigenvalue weighted by Gasteiger charge is 2.30. The number of hydrogen-bond donors (Lipinski definition) is 3. The Morgan fingerprint density at radius 3 is 0.835 bits per heavy atom. The summed E-state index contributed by atoms with van der Waals surface area (Å²) in [5, 5.41) is 10.6. The summed E-state index contributed by atoms with van der Waals surface area (Å²) in [4.78, 5) is 72.5. The molecule has 0 rings (SSSR count). The Labute approximate surface area is 556 Å². The standard InChI is InChI=1S/C72H140O17P2/c1-7-10-12-14-16-18-20-21-22-23-24-25-26-27-33-37-45-51-57-72(77)88-67(60-82-69(74)54-48-42-35-32-29-28-30-34-41-47-53-65(6)9-3)62-86-90(78,79)84-58-66(73)59-85-91(80,81)87-63-68(61-83-70(75)55-49-43-39-38-40-46-52-64(4)5)89-71(76)56-50-44-36-31-19-17-15-13-11-8-2/h64-68,73H,7-63H2,1-6H3,(H,78,79)(H,80,81)/t65?,66-,67-,68-/m1/s1. The number of phosphoric acid groups is 2. The van der Waals surface area contributed by atoms with Crippen molar-refractivity contribution < 1.29 is 80.2 Å². The lowest BCUT2D eigenvalue weighted by Gasteiger charge is -2.21. The smallest absolute Gasteiger partial charge is 0.462 e. The highest BCUT2D eigenvalue weighted by molar-refractivity contribution is 7.47. The number of hydrogen-bond acceptors (Lipinski definition) is 15. The van der Waals surface area contributed by atoms with Gasteiger partial charge in [-0.2, -0.15) is 0 Å². The summed E-state index contributed by atoms with van der Waals surface area (Å²) in [6, 6.07) is 0. The third-order valence-corrected chi connectivity index (χ3v) is 19.0. The Balaban J connectivity index is 5.22. The van der Waals surface area contributed by atoms with Crippen molar-refractivity contribution in [3.63, 3.8) is 0 Å². The lowest BCUT2D eigenvalue weighted by Crippen LogP contribution is -2.30. The maximum atomic E-state index is 13.0. The lowest BCUT2D eigenvalue weighted by molar-refractivity contribution is -0.161. The molecule has 3 unspecified atom stereocenters. The van der Waals surface area contributed by atoms with E-state index in [2.05, 4.69) is 41.5 Å². The van der Waals surface area contributed by atoms with Crippen LogP contribution in [0.25, 0.3) is 0 Å². The van der Waals surface area contributed by atoms with Crippen molar-refractivity contribution in [3.8, 4) is 0 Å². The molecule has 540 valence electrons. The van der Waals surface area contributed by atoms with Crippen LogP contribution < -0.4 is 0 Å². The molecule has 0 saturated heterocycles. The summed E-state index contributed by atoms with van der Waals surface area (Å²) >= 11 is 0. The number of carbonyl (C=O) groups excluding carboxylic acids is 4. The van der Waals surface area contributed by atoms with Gasteiger partial charge in [0.25, 0.3) is 0 Å². The van der Waals surface area contributed by atoms with Gasteiger partial charge in [0.15, 0.2) is 12.2 Å². The first-order valence-corrected chi connectivity index (χ1v) is 40.5. The highest BCUT2D eigenvalue weighted by Crippen LogP contribution is 2.45. The van der Waals surface area contributed by atoms with Gasteiger partial charge in [0.1, 0.15) is 19.3 Å². The molecular weight excluding hydrogens is 1200 g/mol. The van der Waals surface area contributed by atoms with Crippen LogP contribution in [0.3, 0.4) is 0 Å². The van der Waals surface area contributed by atoms with Crippen molar-refractivity contribution in [3.05, 3.63) is 0 Å². The van der Waals surface area contributed by atoms with E-state index in [1.807, 2.05) is 0 Å². The molecule has 6 atom stereocenters. The SMILES string of the molecule is CCCCCCCCCCCCCCCCCCCCC(=O)O[C@H](COC(=O)CCCCCCCCCCCCC(C)CC)COP(=O)(O)OC[C@@H](O)COP(=O)(O)OC[C@@H](COC(=O)CCCCCCCCC(C)C)OC(=O)CCCCCCCCCCCC. The number of carbonyl (C=O) groups is 4. The number of phosphoric ester groups is 2. The zero-order valence-electron chi connectivity index (χ0n) is 59.1. The average Bonchev–Trinajstić information content (AvgIpc) is 3.00. The van der Waals surface area contributed by atoms with Gasteiger partial charge in [0.05, 0.1) is 26.4 Å². The fourth-order valence-corrected chi connectivity index (χ4v) is 12.5. The summed E-state index contributed by atoms with van der Waals surface area (Å²) in [7, 11) is -9.90. The first-order chi connectivity index (χ1) is 43.9. The van der Waals surface area contributed by atoms with Gasteiger partial charge in [-0.15, -0.1) is 0 Å². The summed E-state index contributed by atoms with van der Waals surface area (Å²) in [5.74, 6) is -0.634. The largest absolute Gasteiger partial charge is 0.472 e. The minimum Gasteiger partial charge on any atom is -0.462 e. The summed E-state index contributed by atoms with van der Waals surface area (Å²) in [6.45, 7) is 9.50. The summed E-state index contributed by atoms with van der Waals surface area (Å²) in [6.07, 6.45) is 50.0. The van der Waals surface area contributed by atoms with Crippen LogP contribution in [-0.4, -0.2) is 96.7 Å². The van der Waals surface area contributed by atoms with Crippen LogP contribution in [0.1, 0.15) is 369 Å². The molecule has 3 N–H and O–H groups in total. The molecule has 0 radical (unpaired) electrons. The number of aliphatic hydroxyl groups is 1. The molecule has 0 saturated carbocycles. The van der Waals surface area contributed by atoms with Gasteiger partial charge in [-0.1, -0.05) is 318 Å². The van der Waals surface area contributed by atoms with Gasteiger partial charge in [-0.25, -0.2) is 9.13 Å². The van der Waals surface area contributed by atoms with Crippen LogP contribution in [0.5, 0.6) is 0 Å². The van der Waals surface area contributed by atoms with Crippen LogP contribution >= 0.6 is 15.6 Å². The van der Waals surface area contributed by atoms with E-state index < -0.39 is 97.5 Å². The van der Waals surface area contributed by atoms with E-state index in [0.29, 0.717) is 31.6 Å². The molecule has 0 heterocycles. The van der Waals surface area contributed by atoms with Gasteiger partial charge in [-0.3, -0.25) is 37.3 Å². The van der Waals surface area contributed by atoms with Crippen molar-refractivity contribution in [2.45, 2.75) is 387 Å². The van der Waals surface area contributed by atoms with E-state index in [1.165, 1.54) is 180 Å². The predicted octanol–water partition coefficient (Wildman–Crippen LogP) is 20.8. The molecule has 17 nitrogen and oxygen atoms in total. The average molecular weight is 1340 g/mol. The van der Waals surface area contributed by atoms with Crippen molar-refractivity contribution in [2.75, 3.05) is 39.6 Å². The van der Waals surface area contributed by atoms with Crippen molar-refractivity contribution >= 4 is 39.5 Å². The van der Waals surface area contributed by atoms with Crippen LogP contribution in [0.2, 0.25) is 0 Å². The van der Waals surface area contributed by atoms with Crippen LogP contribution in [0, 0.1) is 11.8 Å². The van der Waals surface area contributed by atoms with E-state index in [-0.39, 0.29) is 25.7 Å². The Morgan fingerprint density at radius 2 is 0.560 bits per heavy atom. The first-order valence-electron chi connectivity index (χ1n) is 37.5. The molecule has 91 heavy (non-hydrogen) atoms. The van der Waals surface area contributed by atoms with E-state index in [1.54, 1.807) is 0 Å². The van der Waals surface area contributed by atoms with Crippen molar-refractivity contribution in [1.82, 2.24) is 0 Å². The monoisotopic (exact) mass is 1340 g/mol. The topological polar surface area (TPSA) is 237 Å². The van der Waals surface area contributed by atoms with Crippen LogP contribution in [-0.2, 0) is 65.4 Å². The molecule has 0 aliphatic rings. The molecule has 0 amide bonds. The van der Waals surface area contributed by atoms with Gasteiger partial charge in [0, 0.05) is 25.7 Å². The fourth-order valence-electron chi connectivity index (χ4n) is 10.9. The normalized spacial score (nSPS) is 14.4. The van der Waals surface area contributed by atoms with Crippen LogP contribution in [0.4, 0.5) is 0 Å². The fraction of sp³-hybridized carbons (Fsp3) is 0.944. The number of ether oxygens (including phenoxy) is 4. The van der Waals surface area contributed by atoms with Crippen molar-refractivity contribution in [1.29, 1.82) is 0 Å². The maximum Gasteiger partial charge on any atom is 0.472 e. The van der Waals surface area contributed by atoms with Gasteiger partial charge >= 0.3 is 39.5 Å². The number of aliphatic hydroxyl groups excluding tert-OH is 1. The molecule has 0 spiro atoms. The van der Waals surface area contributed by atoms with Gasteiger partial charge in [-0.05, 0) is 37.5 Å². The quantitative estimate of drug-likeness (QED) is 0.0222. The minimum atomic E-state index is -4.95. The molecule has 0 aromatic rings. The maximum absolute atomic E-state index is 13.0. The predicted molar refractivity (Wildman–Crippen MR) is 368 cm³/mol. The van der Waals surface area contributed by atoms with Gasteiger partial charge in [0.2, 0.25) is 0 Å². The van der Waals surface area contributed by atoms with Gasteiger partial charge < -0.3 is 33.8 Å². The Bertz CT molecular complexity index is 1770. The molecule has 0 aliphatic carbocycles. The molecule has 0 bridgehead atoms. The molecule has 0 aromatic heterocycles. The Kier molecular flexibility index (Phi) is 62.7. The third-order valence-electron chi connectivity index (χ3n) is 17.1. The highest BCUT2D eigenvalue weighted by atomic mass is 31.2. The summed E-state index contributed by atoms with van der Waals surface area (Å²) < 4.78 is 68.3. The van der Waals surface area contributed by atoms with E-state index in [0.717, 1.165) is 102 Å². The second-order valence-electron chi connectivity index (χ2n) is 26.7. The van der Waals surface area contributed by atoms with Crippen LogP contribution in [0.15, 0.2) is 0 Å². The second kappa shape index (κ2) is 64.1. The molecule has 0 fully saturated rings. The Morgan fingerprint density at radius 1 is 0.319 bits per heavy atom. The van der Waals surface area contributed by atoms with E-state index >= 15 is 0 Å². The lowest BCUT2D eigenvalue weighted by atomic mass is 9.99. The number of rotatable bonds is 71.